The maximum Gasteiger partial charge on any atom is 0.428 e. The number of imide groups is 1. The van der Waals surface area contributed by atoms with Crippen LogP contribution in [0.1, 0.15) is 6.92 Å². The Hall–Kier alpha value is -2.42. The molecule has 0 unspecified atom stereocenters. The Balaban J connectivity index is 2.25. The minimum Gasteiger partial charge on any atom is -0.410 e. The van der Waals surface area contributed by atoms with Gasteiger partial charge in [-0.3, -0.25) is 10.2 Å². The Bertz CT molecular complexity index is 835. The molecule has 0 saturated carbocycles. The molecule has 10 heteroatoms. The monoisotopic (exact) mass is 443 g/mol. The minimum atomic E-state index is -2.83. The van der Waals surface area contributed by atoms with Crippen molar-refractivity contribution < 1.29 is 18.7 Å². The van der Waals surface area contributed by atoms with Gasteiger partial charge in [0.15, 0.2) is 5.11 Å². The van der Waals surface area contributed by atoms with Crippen LogP contribution in [0.4, 0.5) is 19.7 Å². The van der Waals surface area contributed by atoms with Crippen LogP contribution in [-0.2, 0) is 0 Å². The van der Waals surface area contributed by atoms with Crippen molar-refractivity contribution in [1.82, 2.24) is 10.2 Å². The van der Waals surface area contributed by atoms with Crippen LogP contribution in [-0.4, -0.2) is 33.4 Å². The number of thiocarbonyl (C=S) groups is 1. The van der Waals surface area contributed by atoms with Crippen molar-refractivity contribution >= 4 is 58.3 Å². The highest BCUT2D eigenvalue weighted by Crippen LogP contribution is 2.27. The molecule has 1 N–H and O–H groups in total. The number of nitrogens with zero attached hydrogens (tertiary/aromatic N) is 2. The number of nitrogens with one attached hydrogen (secondary N) is 1. The first-order valence-corrected chi connectivity index (χ1v) is 9.21. The summed E-state index contributed by atoms with van der Waals surface area (Å²) in [5.41, 5.74) is 0.218. The molecule has 3 amide bonds. The molecule has 6 nitrogen and oxygen atoms in total. The van der Waals surface area contributed by atoms with Crippen molar-refractivity contribution in [3.05, 3.63) is 60.7 Å². The van der Waals surface area contributed by atoms with E-state index in [-0.39, 0.29) is 18.0 Å². The lowest BCUT2D eigenvalue weighted by Crippen LogP contribution is -2.53. The fourth-order valence-corrected chi connectivity index (χ4v) is 3.02. The molecule has 0 heterocycles. The second-order valence-electron chi connectivity index (χ2n) is 5.30. The summed E-state index contributed by atoms with van der Waals surface area (Å²) < 4.78 is 16.2. The molecule has 2 aromatic carbocycles. The van der Waals surface area contributed by atoms with Gasteiger partial charge in [0.05, 0.1) is 5.69 Å². The van der Waals surface area contributed by atoms with E-state index < -0.39 is 21.9 Å². The van der Waals surface area contributed by atoms with Crippen LogP contribution >= 0.6 is 35.4 Å². The van der Waals surface area contributed by atoms with Crippen LogP contribution < -0.4 is 15.0 Å². The minimum absolute atomic E-state index is 0.0254. The number of carbonyl (C=O) groups excluding carboxylic acids is 2. The number of para-hydroxylation sites is 2. The summed E-state index contributed by atoms with van der Waals surface area (Å²) in [6, 6.07) is 15.3. The Morgan fingerprint density at radius 3 is 2.14 bits per heavy atom. The summed E-state index contributed by atoms with van der Waals surface area (Å²) in [6.07, 6.45) is -0.982. The molecule has 2 aromatic rings. The first kappa shape index (κ1) is 21.9. The third kappa shape index (κ3) is 5.79. The summed E-state index contributed by atoms with van der Waals surface area (Å²) in [6.45, 7) is 1.51. The zero-order valence-electron chi connectivity index (χ0n) is 14.6. The summed E-state index contributed by atoms with van der Waals surface area (Å²) in [4.78, 5) is 26.8. The van der Waals surface area contributed by atoms with Crippen LogP contribution in [0.2, 0.25) is 0 Å². The molecule has 28 heavy (non-hydrogen) atoms. The van der Waals surface area contributed by atoms with Crippen molar-refractivity contribution in [1.29, 1.82) is 0 Å². The number of hydrogen-bond donors (Lipinski definition) is 1. The third-order valence-corrected chi connectivity index (χ3v) is 4.16. The lowest BCUT2D eigenvalue weighted by molar-refractivity contribution is 0.196. The molecule has 148 valence electrons. The lowest BCUT2D eigenvalue weighted by atomic mass is 10.3. The van der Waals surface area contributed by atoms with E-state index in [1.807, 2.05) is 0 Å². The average Bonchev–Trinajstić information content (AvgIpc) is 2.62. The zero-order valence-corrected chi connectivity index (χ0v) is 17.0. The van der Waals surface area contributed by atoms with Gasteiger partial charge in [0.25, 0.3) is 0 Å². The number of hydrogen-bond acceptors (Lipinski definition) is 4. The van der Waals surface area contributed by atoms with Crippen LogP contribution in [0.3, 0.4) is 0 Å². The number of urea groups is 1. The first-order valence-electron chi connectivity index (χ1n) is 8.05. The maximum absolute atomic E-state index is 13.8. The molecule has 0 aliphatic carbocycles. The lowest BCUT2D eigenvalue weighted by Gasteiger charge is -2.30. The van der Waals surface area contributed by atoms with Crippen LogP contribution in [0.15, 0.2) is 60.7 Å². The number of alkyl halides is 3. The second kappa shape index (κ2) is 9.68. The van der Waals surface area contributed by atoms with E-state index >= 15 is 0 Å². The van der Waals surface area contributed by atoms with Crippen molar-refractivity contribution in [2.45, 2.75) is 11.6 Å². The number of ether oxygens (including phenoxy) is 1. The van der Waals surface area contributed by atoms with E-state index in [1.54, 1.807) is 48.5 Å². The number of anilines is 1. The van der Waals surface area contributed by atoms with E-state index in [4.69, 9.17) is 40.2 Å². The summed E-state index contributed by atoms with van der Waals surface area (Å²) in [5, 5.41) is 1.84. The van der Waals surface area contributed by atoms with Crippen molar-refractivity contribution in [2.24, 2.45) is 0 Å². The van der Waals surface area contributed by atoms with E-state index in [2.05, 4.69) is 5.32 Å². The topological polar surface area (TPSA) is 61.9 Å². The highest BCUT2D eigenvalue weighted by atomic mass is 35.5. The van der Waals surface area contributed by atoms with Gasteiger partial charge in [0, 0.05) is 6.54 Å². The standard InChI is InChI=1S/C18H16Cl2FN3O3S/c1-2-23(18(19,20)21)16(28)22-15(25)24(13-9-5-3-6-10-13)17(26)27-14-11-7-4-8-12-14/h3-12H,2H2,1H3,(H,22,25,28). The van der Waals surface area contributed by atoms with Crippen LogP contribution in [0.5, 0.6) is 5.75 Å². The SMILES string of the molecule is CCN(C(=S)NC(=O)N(C(=O)Oc1ccccc1)c1ccccc1)C(F)(Cl)Cl. The Kier molecular flexibility index (Phi) is 7.56. The predicted molar refractivity (Wildman–Crippen MR) is 110 cm³/mol. The Morgan fingerprint density at radius 2 is 1.64 bits per heavy atom. The average molecular weight is 444 g/mol. The number of benzene rings is 2. The second-order valence-corrected chi connectivity index (χ2v) is 6.88. The summed E-state index contributed by atoms with van der Waals surface area (Å²) in [5.74, 6) is 0.239. The molecule has 2 rings (SSSR count). The van der Waals surface area contributed by atoms with Gasteiger partial charge in [-0.15, -0.1) is 0 Å². The largest absolute Gasteiger partial charge is 0.428 e. The smallest absolute Gasteiger partial charge is 0.410 e. The van der Waals surface area contributed by atoms with Gasteiger partial charge >= 0.3 is 16.8 Å². The van der Waals surface area contributed by atoms with Crippen molar-refractivity contribution in [3.8, 4) is 5.75 Å². The molecule has 0 aliphatic rings. The quantitative estimate of drug-likeness (QED) is 0.406. The van der Waals surface area contributed by atoms with Crippen molar-refractivity contribution in [2.75, 3.05) is 11.4 Å². The maximum atomic E-state index is 13.8. The predicted octanol–water partition coefficient (Wildman–Crippen LogP) is 5.07. The molecular weight excluding hydrogens is 428 g/mol. The normalized spacial score (nSPS) is 10.7. The fourth-order valence-electron chi connectivity index (χ4n) is 2.17. The van der Waals surface area contributed by atoms with Gasteiger partial charge in [-0.2, -0.15) is 9.29 Å². The summed E-state index contributed by atoms with van der Waals surface area (Å²) >= 11 is 15.8. The highest BCUT2D eigenvalue weighted by molar-refractivity contribution is 7.80. The molecular formula is C18H16Cl2FN3O3S. The third-order valence-electron chi connectivity index (χ3n) is 3.43. The molecule has 0 aromatic heterocycles. The van der Waals surface area contributed by atoms with E-state index in [0.29, 0.717) is 0 Å². The van der Waals surface area contributed by atoms with Crippen molar-refractivity contribution in [3.63, 3.8) is 0 Å². The van der Waals surface area contributed by atoms with Gasteiger partial charge in [-0.05, 0) is 66.6 Å². The number of halogens is 3. The molecule has 0 aliphatic heterocycles. The van der Waals surface area contributed by atoms with Crippen LogP contribution in [0, 0.1) is 0 Å². The van der Waals surface area contributed by atoms with Gasteiger partial charge in [-0.1, -0.05) is 36.4 Å². The van der Waals surface area contributed by atoms with Gasteiger partial charge in [-0.25, -0.2) is 9.59 Å². The van der Waals surface area contributed by atoms with Crippen LogP contribution in [0.25, 0.3) is 0 Å². The molecule has 0 spiro atoms. The molecule has 0 bridgehead atoms. The zero-order chi connectivity index (χ0) is 20.7. The van der Waals surface area contributed by atoms with E-state index in [9.17, 15) is 14.0 Å². The number of rotatable bonds is 4. The Morgan fingerprint density at radius 1 is 1.11 bits per heavy atom. The van der Waals surface area contributed by atoms with E-state index in [0.717, 1.165) is 9.80 Å². The highest BCUT2D eigenvalue weighted by Gasteiger charge is 2.35. The molecule has 0 atom stereocenters. The molecule has 0 saturated heterocycles. The van der Waals surface area contributed by atoms with Gasteiger partial charge < -0.3 is 4.74 Å². The van der Waals surface area contributed by atoms with Gasteiger partial charge in [0.2, 0.25) is 0 Å². The molecule has 0 fully saturated rings. The number of carbonyl (C=O) groups is 2. The number of amides is 3. The summed E-state index contributed by atoms with van der Waals surface area (Å²) in [7, 11) is 0. The van der Waals surface area contributed by atoms with E-state index in [1.165, 1.54) is 19.1 Å². The fraction of sp³-hybridized carbons (Fsp3) is 0.167. The Labute approximate surface area is 176 Å². The van der Waals surface area contributed by atoms with Gasteiger partial charge in [0.1, 0.15) is 5.75 Å². The molecule has 0 radical (unpaired) electrons. The first-order chi connectivity index (χ1) is 13.2.